The van der Waals surface area contributed by atoms with Gasteiger partial charge in [-0.25, -0.2) is 0 Å². The van der Waals surface area contributed by atoms with Crippen LogP contribution in [-0.4, -0.2) is 30.1 Å². The topological polar surface area (TPSA) is 53.0 Å². The van der Waals surface area contributed by atoms with E-state index in [0.29, 0.717) is 0 Å². The van der Waals surface area contributed by atoms with E-state index in [9.17, 15) is 0 Å². The fraction of sp³-hybridized carbons (Fsp3) is 0.933. The van der Waals surface area contributed by atoms with Gasteiger partial charge in [0.25, 0.3) is 0 Å². The highest BCUT2D eigenvalue weighted by Crippen LogP contribution is 2.21. The molecule has 18 heavy (non-hydrogen) atoms. The number of nitrogens with zero attached hydrogens (tertiary/aromatic N) is 2. The summed E-state index contributed by atoms with van der Waals surface area (Å²) in [6.07, 6.45) is 11.4. The molecule has 3 nitrogen and oxygen atoms in total. The second-order valence-electron chi connectivity index (χ2n) is 6.11. The van der Waals surface area contributed by atoms with Crippen molar-refractivity contribution >= 4 is 0 Å². The lowest BCUT2D eigenvalue weighted by atomic mass is 9.98. The van der Waals surface area contributed by atoms with Crippen LogP contribution in [0.15, 0.2) is 0 Å². The highest BCUT2D eigenvalue weighted by Gasteiger charge is 2.18. The smallest absolute Gasteiger partial charge is 0.101 e. The molecule has 0 amide bonds. The number of hydrogen-bond donors (Lipinski definition) is 1. The molecule has 1 aliphatic carbocycles. The van der Waals surface area contributed by atoms with Crippen LogP contribution in [0.1, 0.15) is 64.7 Å². The molecule has 2 N–H and O–H groups in total. The van der Waals surface area contributed by atoms with E-state index in [1.165, 1.54) is 38.5 Å². The minimum absolute atomic E-state index is 0.638. The second-order valence-corrected chi connectivity index (χ2v) is 6.11. The van der Waals surface area contributed by atoms with Crippen LogP contribution >= 0.6 is 0 Å². The lowest BCUT2D eigenvalue weighted by Crippen LogP contribution is -2.35. The van der Waals surface area contributed by atoms with Gasteiger partial charge < -0.3 is 10.6 Å². The largest absolute Gasteiger partial charge is 0.314 e. The highest BCUT2D eigenvalue weighted by molar-refractivity contribution is 5.00. The molecule has 1 saturated carbocycles. The van der Waals surface area contributed by atoms with Gasteiger partial charge in [0.15, 0.2) is 0 Å². The summed E-state index contributed by atoms with van der Waals surface area (Å²) >= 11 is 0. The third-order valence-corrected chi connectivity index (χ3v) is 4.16. The lowest BCUT2D eigenvalue weighted by Gasteiger charge is -2.27. The van der Waals surface area contributed by atoms with Gasteiger partial charge in [-0.2, -0.15) is 5.26 Å². The summed E-state index contributed by atoms with van der Waals surface area (Å²) in [5.41, 5.74) is 5.18. The summed E-state index contributed by atoms with van der Waals surface area (Å²) in [5, 5.41) is 8.85. The number of unbranched alkanes of at least 4 members (excludes halogenated alkanes) is 1. The van der Waals surface area contributed by atoms with Gasteiger partial charge in [0, 0.05) is 6.04 Å². The van der Waals surface area contributed by atoms with Gasteiger partial charge in [-0.3, -0.25) is 0 Å². The summed E-state index contributed by atoms with van der Waals surface area (Å²) in [4.78, 5) is 2.52. The van der Waals surface area contributed by atoms with Gasteiger partial charge in [0.1, 0.15) is 5.54 Å². The molecule has 1 atom stereocenters. The number of hydrogen-bond acceptors (Lipinski definition) is 3. The van der Waals surface area contributed by atoms with Gasteiger partial charge in [-0.05, 0) is 52.6 Å². The van der Waals surface area contributed by atoms with Crippen molar-refractivity contribution in [1.82, 2.24) is 4.90 Å². The predicted octanol–water partition coefficient (Wildman–Crippen LogP) is 3.05. The average molecular weight is 251 g/mol. The molecule has 1 fully saturated rings. The zero-order valence-electron chi connectivity index (χ0n) is 12.1. The quantitative estimate of drug-likeness (QED) is 0.583. The van der Waals surface area contributed by atoms with E-state index in [2.05, 4.69) is 18.0 Å². The molecule has 3 heteroatoms. The van der Waals surface area contributed by atoms with Gasteiger partial charge in [-0.15, -0.1) is 0 Å². The van der Waals surface area contributed by atoms with E-state index in [1.54, 1.807) is 0 Å². The molecule has 1 aliphatic rings. The Balaban J connectivity index is 2.16. The number of nitriles is 1. The Kier molecular flexibility index (Phi) is 6.67. The first kappa shape index (κ1) is 15.5. The number of nitrogens with two attached hydrogens (primary N) is 1. The molecule has 1 unspecified atom stereocenters. The van der Waals surface area contributed by atoms with Crippen molar-refractivity contribution in [3.05, 3.63) is 0 Å². The van der Waals surface area contributed by atoms with Crippen molar-refractivity contribution in [2.75, 3.05) is 13.6 Å². The molecular weight excluding hydrogens is 222 g/mol. The molecule has 0 bridgehead atoms. The molecular formula is C15H29N3. The normalized spacial score (nSPS) is 21.3. The van der Waals surface area contributed by atoms with Gasteiger partial charge in [0.2, 0.25) is 0 Å². The molecule has 0 aromatic heterocycles. The van der Waals surface area contributed by atoms with Crippen LogP contribution in [0, 0.1) is 11.3 Å². The van der Waals surface area contributed by atoms with Crippen molar-refractivity contribution in [3.8, 4) is 6.07 Å². The van der Waals surface area contributed by atoms with Crippen molar-refractivity contribution < 1.29 is 0 Å². The molecule has 0 aromatic carbocycles. The predicted molar refractivity (Wildman–Crippen MR) is 76.2 cm³/mol. The van der Waals surface area contributed by atoms with Crippen molar-refractivity contribution in [2.45, 2.75) is 76.3 Å². The monoisotopic (exact) mass is 251 g/mol. The minimum atomic E-state index is -0.638. The Morgan fingerprint density at radius 1 is 1.22 bits per heavy atom. The van der Waals surface area contributed by atoms with E-state index in [1.807, 2.05) is 6.92 Å². The summed E-state index contributed by atoms with van der Waals surface area (Å²) in [6.45, 7) is 2.97. The Morgan fingerprint density at radius 3 is 2.39 bits per heavy atom. The SMILES string of the molecule is CN(CCCCC(C)(N)C#N)C1CCCCCC1. The maximum Gasteiger partial charge on any atom is 0.101 e. The Morgan fingerprint density at radius 2 is 1.83 bits per heavy atom. The van der Waals surface area contributed by atoms with Gasteiger partial charge in [-0.1, -0.05) is 25.7 Å². The molecule has 104 valence electrons. The molecule has 0 aromatic rings. The minimum Gasteiger partial charge on any atom is -0.314 e. The molecule has 0 heterocycles. The lowest BCUT2D eigenvalue weighted by molar-refractivity contribution is 0.215. The first-order chi connectivity index (χ1) is 8.55. The van der Waals surface area contributed by atoms with Crippen LogP contribution < -0.4 is 5.73 Å². The molecule has 1 rings (SSSR count). The third kappa shape index (κ3) is 5.84. The summed E-state index contributed by atoms with van der Waals surface area (Å²) < 4.78 is 0. The highest BCUT2D eigenvalue weighted by atomic mass is 15.1. The molecule has 0 aliphatic heterocycles. The molecule has 0 spiro atoms. The third-order valence-electron chi connectivity index (χ3n) is 4.16. The maximum absolute atomic E-state index is 8.85. The summed E-state index contributed by atoms with van der Waals surface area (Å²) in [5.74, 6) is 0. The van der Waals surface area contributed by atoms with Crippen molar-refractivity contribution in [1.29, 1.82) is 5.26 Å². The van der Waals surface area contributed by atoms with Crippen LogP contribution in [0.25, 0.3) is 0 Å². The zero-order valence-corrected chi connectivity index (χ0v) is 12.1. The van der Waals surface area contributed by atoms with Gasteiger partial charge in [0.05, 0.1) is 6.07 Å². The summed E-state index contributed by atoms with van der Waals surface area (Å²) in [7, 11) is 2.25. The fourth-order valence-electron chi connectivity index (χ4n) is 2.79. The van der Waals surface area contributed by atoms with Crippen molar-refractivity contribution in [3.63, 3.8) is 0 Å². The van der Waals surface area contributed by atoms with E-state index < -0.39 is 5.54 Å². The average Bonchev–Trinajstić information content (AvgIpc) is 2.63. The van der Waals surface area contributed by atoms with Gasteiger partial charge >= 0.3 is 0 Å². The van der Waals surface area contributed by atoms with E-state index in [0.717, 1.165) is 31.8 Å². The van der Waals surface area contributed by atoms with E-state index in [4.69, 9.17) is 11.0 Å². The first-order valence-corrected chi connectivity index (χ1v) is 7.45. The Hall–Kier alpha value is -0.590. The number of rotatable bonds is 6. The van der Waals surface area contributed by atoms with Crippen LogP contribution in [0.2, 0.25) is 0 Å². The first-order valence-electron chi connectivity index (χ1n) is 7.45. The van der Waals surface area contributed by atoms with E-state index in [-0.39, 0.29) is 0 Å². The summed E-state index contributed by atoms with van der Waals surface area (Å²) in [6, 6.07) is 2.95. The Bertz CT molecular complexity index is 259. The zero-order chi connectivity index (χ0) is 13.4. The molecule has 0 radical (unpaired) electrons. The van der Waals surface area contributed by atoms with Crippen LogP contribution in [0.4, 0.5) is 0 Å². The Labute approximate surface area is 112 Å². The van der Waals surface area contributed by atoms with Crippen LogP contribution in [-0.2, 0) is 0 Å². The van der Waals surface area contributed by atoms with Crippen LogP contribution in [0.3, 0.4) is 0 Å². The van der Waals surface area contributed by atoms with Crippen molar-refractivity contribution in [2.24, 2.45) is 5.73 Å². The maximum atomic E-state index is 8.85. The van der Waals surface area contributed by atoms with E-state index >= 15 is 0 Å². The van der Waals surface area contributed by atoms with Crippen LogP contribution in [0.5, 0.6) is 0 Å². The second kappa shape index (κ2) is 7.76. The molecule has 0 saturated heterocycles. The standard InChI is InChI=1S/C15H29N3/c1-15(17,13-16)11-7-8-12-18(2)14-9-5-3-4-6-10-14/h14H,3-12,17H2,1-2H3. The fourth-order valence-corrected chi connectivity index (χ4v) is 2.79.